The minimum atomic E-state index is -1.12. The Morgan fingerprint density at radius 3 is 2.59 bits per heavy atom. The first-order valence-electron chi connectivity index (χ1n) is 9.18. The Bertz CT molecular complexity index is 1310. The zero-order valence-corrected chi connectivity index (χ0v) is 17.8. The van der Waals surface area contributed by atoms with Gasteiger partial charge in [-0.3, -0.25) is 14.8 Å². The van der Waals surface area contributed by atoms with Crippen LogP contribution in [0.2, 0.25) is 0 Å². The fraction of sp³-hybridized carbons (Fsp3) is 0.0476. The summed E-state index contributed by atoms with van der Waals surface area (Å²) in [4.78, 5) is 31.6. The summed E-state index contributed by atoms with van der Waals surface area (Å²) in [5.41, 5.74) is 1.51. The first kappa shape index (κ1) is 21.2. The number of pyridine rings is 2. The number of carboxylic acids is 1. The van der Waals surface area contributed by atoms with E-state index >= 15 is 0 Å². The topological polar surface area (TPSA) is 123 Å². The van der Waals surface area contributed by atoms with Crippen molar-refractivity contribution < 1.29 is 19.1 Å². The van der Waals surface area contributed by atoms with Crippen molar-refractivity contribution in [3.05, 3.63) is 100 Å². The molecule has 4 rings (SSSR count). The van der Waals surface area contributed by atoms with Gasteiger partial charge in [0.1, 0.15) is 17.6 Å². The molecule has 9 nitrogen and oxygen atoms in total. The van der Waals surface area contributed by atoms with Crippen LogP contribution in [0, 0.1) is 5.82 Å². The number of hydrogen-bond donors (Lipinski definition) is 2. The molecule has 160 valence electrons. The highest BCUT2D eigenvalue weighted by Crippen LogP contribution is 2.24. The van der Waals surface area contributed by atoms with Crippen molar-refractivity contribution in [1.29, 1.82) is 0 Å². The number of aromatic carboxylic acids is 1. The average Bonchev–Trinajstić information content (AvgIpc) is 3.27. The molecule has 0 fully saturated rings. The third-order valence-electron chi connectivity index (χ3n) is 4.47. The van der Waals surface area contributed by atoms with Gasteiger partial charge in [0.05, 0.1) is 35.4 Å². The van der Waals surface area contributed by atoms with E-state index in [2.05, 4.69) is 41.5 Å². The van der Waals surface area contributed by atoms with E-state index in [1.165, 1.54) is 29.3 Å². The van der Waals surface area contributed by atoms with Crippen LogP contribution in [0.1, 0.15) is 38.0 Å². The Morgan fingerprint density at radius 2 is 1.84 bits per heavy atom. The number of carbonyl (C=O) groups excluding carboxylic acids is 1. The summed E-state index contributed by atoms with van der Waals surface area (Å²) in [5, 5.41) is 20.2. The molecule has 0 aliphatic rings. The van der Waals surface area contributed by atoms with E-state index in [-0.39, 0.29) is 11.1 Å². The number of nitrogens with zero attached hydrogens (tertiary/aromatic N) is 5. The second kappa shape index (κ2) is 9.02. The molecule has 2 N–H and O–H groups in total. The van der Waals surface area contributed by atoms with Crippen LogP contribution < -0.4 is 5.32 Å². The maximum Gasteiger partial charge on any atom is 0.337 e. The Labute approximate surface area is 189 Å². The molecule has 3 aromatic heterocycles. The number of carbonyl (C=O) groups is 2. The molecule has 1 unspecified atom stereocenters. The summed E-state index contributed by atoms with van der Waals surface area (Å²) in [7, 11) is 0. The zero-order chi connectivity index (χ0) is 22.7. The van der Waals surface area contributed by atoms with Crippen molar-refractivity contribution in [2.24, 2.45) is 0 Å². The van der Waals surface area contributed by atoms with Gasteiger partial charge in [0.15, 0.2) is 0 Å². The number of carboxylic acid groups (broad SMARTS) is 1. The minimum Gasteiger partial charge on any atom is -0.478 e. The average molecular weight is 497 g/mol. The molecule has 4 aromatic rings. The van der Waals surface area contributed by atoms with E-state index in [0.29, 0.717) is 16.9 Å². The second-order valence-electron chi connectivity index (χ2n) is 6.68. The van der Waals surface area contributed by atoms with Crippen molar-refractivity contribution in [3.8, 4) is 5.69 Å². The summed E-state index contributed by atoms with van der Waals surface area (Å²) in [6.07, 6.45) is 6.49. The van der Waals surface area contributed by atoms with Crippen LogP contribution in [0.3, 0.4) is 0 Å². The van der Waals surface area contributed by atoms with Gasteiger partial charge in [-0.1, -0.05) is 33.3 Å². The van der Waals surface area contributed by atoms with Crippen LogP contribution in [0.5, 0.6) is 0 Å². The van der Waals surface area contributed by atoms with Gasteiger partial charge in [-0.2, -0.15) is 0 Å². The number of amides is 1. The van der Waals surface area contributed by atoms with E-state index in [9.17, 15) is 19.1 Å². The molecule has 11 heteroatoms. The Morgan fingerprint density at radius 1 is 1.06 bits per heavy atom. The molecule has 0 aliphatic heterocycles. The third kappa shape index (κ3) is 4.67. The van der Waals surface area contributed by atoms with E-state index in [4.69, 9.17) is 0 Å². The van der Waals surface area contributed by atoms with Gasteiger partial charge in [-0.25, -0.2) is 13.9 Å². The number of aromatic nitrogens is 5. The van der Waals surface area contributed by atoms with Crippen LogP contribution in [0.4, 0.5) is 4.39 Å². The van der Waals surface area contributed by atoms with Gasteiger partial charge in [-0.05, 0) is 29.8 Å². The van der Waals surface area contributed by atoms with Gasteiger partial charge in [0, 0.05) is 16.9 Å². The third-order valence-corrected chi connectivity index (χ3v) is 4.96. The Hall–Kier alpha value is -3.99. The Balaban J connectivity index is 1.70. The summed E-state index contributed by atoms with van der Waals surface area (Å²) >= 11 is 3.41. The summed E-state index contributed by atoms with van der Waals surface area (Å²) < 4.78 is 15.7. The fourth-order valence-electron chi connectivity index (χ4n) is 2.97. The van der Waals surface area contributed by atoms with Crippen LogP contribution in [-0.2, 0) is 0 Å². The smallest absolute Gasteiger partial charge is 0.337 e. The standard InChI is InChI=1S/C21H14BrFN6O3/c22-15-3-1-2-12(4-15)19(26-20(30)13-5-16(23)9-24-7-13)18-11-29(28-27-18)17-6-14(21(31)32)8-25-10-17/h1-11,19H,(H,26,30)(H,31,32). The lowest BCUT2D eigenvalue weighted by molar-refractivity contribution is 0.0696. The molecule has 0 bridgehead atoms. The van der Waals surface area contributed by atoms with Gasteiger partial charge >= 0.3 is 5.97 Å². The molecule has 0 spiro atoms. The fourth-order valence-corrected chi connectivity index (χ4v) is 3.39. The van der Waals surface area contributed by atoms with E-state index < -0.39 is 23.7 Å². The van der Waals surface area contributed by atoms with Crippen molar-refractivity contribution >= 4 is 27.8 Å². The number of halogens is 2. The number of rotatable bonds is 6. The van der Waals surface area contributed by atoms with Gasteiger partial charge < -0.3 is 10.4 Å². The van der Waals surface area contributed by atoms with E-state index in [1.807, 2.05) is 6.07 Å². The normalized spacial score (nSPS) is 11.7. The van der Waals surface area contributed by atoms with Crippen molar-refractivity contribution in [2.75, 3.05) is 0 Å². The van der Waals surface area contributed by atoms with Crippen LogP contribution >= 0.6 is 15.9 Å². The highest BCUT2D eigenvalue weighted by Gasteiger charge is 2.22. The largest absolute Gasteiger partial charge is 0.478 e. The maximum absolute atomic E-state index is 13.5. The molecule has 1 atom stereocenters. The van der Waals surface area contributed by atoms with Crippen LogP contribution in [0.15, 0.2) is 71.9 Å². The lowest BCUT2D eigenvalue weighted by Crippen LogP contribution is -2.29. The van der Waals surface area contributed by atoms with Crippen molar-refractivity contribution in [3.63, 3.8) is 0 Å². The van der Waals surface area contributed by atoms with Gasteiger partial charge in [0.25, 0.3) is 5.91 Å². The molecule has 0 aliphatic carbocycles. The monoisotopic (exact) mass is 496 g/mol. The maximum atomic E-state index is 13.5. The molecule has 32 heavy (non-hydrogen) atoms. The van der Waals surface area contributed by atoms with E-state index in [1.54, 1.807) is 24.4 Å². The van der Waals surface area contributed by atoms with Crippen molar-refractivity contribution in [2.45, 2.75) is 6.04 Å². The predicted octanol–water partition coefficient (Wildman–Crippen LogP) is 3.18. The van der Waals surface area contributed by atoms with Crippen molar-refractivity contribution in [1.82, 2.24) is 30.3 Å². The van der Waals surface area contributed by atoms with Gasteiger partial charge in [-0.15, -0.1) is 5.10 Å². The zero-order valence-electron chi connectivity index (χ0n) is 16.2. The SMILES string of the molecule is O=C(O)c1cncc(-n2cc(C(NC(=O)c3cncc(F)c3)c3cccc(Br)c3)nn2)c1. The number of benzene rings is 1. The van der Waals surface area contributed by atoms with E-state index in [0.717, 1.165) is 16.7 Å². The highest BCUT2D eigenvalue weighted by molar-refractivity contribution is 9.10. The molecular weight excluding hydrogens is 483 g/mol. The molecule has 3 heterocycles. The minimum absolute atomic E-state index is 0.00463. The number of nitrogens with one attached hydrogen (secondary N) is 1. The molecule has 0 radical (unpaired) electrons. The summed E-state index contributed by atoms with van der Waals surface area (Å²) in [5.74, 6) is -2.30. The first-order valence-corrected chi connectivity index (χ1v) is 9.98. The predicted molar refractivity (Wildman–Crippen MR) is 114 cm³/mol. The van der Waals surface area contributed by atoms with Gasteiger partial charge in [0.2, 0.25) is 0 Å². The number of hydrogen-bond acceptors (Lipinski definition) is 6. The summed E-state index contributed by atoms with van der Waals surface area (Å²) in [6, 6.07) is 8.99. The molecular formula is C21H14BrFN6O3. The molecule has 1 amide bonds. The van der Waals surface area contributed by atoms with Crippen LogP contribution in [-0.4, -0.2) is 41.9 Å². The first-order chi connectivity index (χ1) is 15.4. The Kier molecular flexibility index (Phi) is 5.99. The lowest BCUT2D eigenvalue weighted by atomic mass is 10.0. The lowest BCUT2D eigenvalue weighted by Gasteiger charge is -2.17. The molecule has 0 saturated carbocycles. The highest BCUT2D eigenvalue weighted by atomic mass is 79.9. The molecule has 1 aromatic carbocycles. The second-order valence-corrected chi connectivity index (χ2v) is 7.59. The summed E-state index contributed by atoms with van der Waals surface area (Å²) in [6.45, 7) is 0. The quantitative estimate of drug-likeness (QED) is 0.420. The van der Waals surface area contributed by atoms with Crippen LogP contribution in [0.25, 0.3) is 5.69 Å². The molecule has 0 saturated heterocycles.